The van der Waals surface area contributed by atoms with Crippen molar-refractivity contribution >= 4 is 23.0 Å². The number of carbonyl (C=O) groups is 1. The summed E-state index contributed by atoms with van der Waals surface area (Å²) in [5, 5.41) is 31.8. The topological polar surface area (TPSA) is 152 Å². The van der Waals surface area contributed by atoms with Crippen LogP contribution in [-0.4, -0.2) is 72.3 Å². The zero-order valence-corrected chi connectivity index (χ0v) is 13.7. The summed E-state index contributed by atoms with van der Waals surface area (Å²) in [6.45, 7) is 2.97. The van der Waals surface area contributed by atoms with Crippen molar-refractivity contribution in [3.8, 4) is 5.88 Å². The number of nitrogens with zero attached hydrogens (tertiary/aromatic N) is 4. The zero-order valence-electron chi connectivity index (χ0n) is 13.7. The van der Waals surface area contributed by atoms with Crippen LogP contribution in [0.2, 0.25) is 0 Å². The number of fused-ring (bicyclic) bond motifs is 1. The molecule has 136 valence electrons. The molecule has 0 unspecified atom stereocenters. The Balaban J connectivity index is 2.07. The van der Waals surface area contributed by atoms with E-state index >= 15 is 0 Å². The number of hydrogen-bond donors (Lipinski definition) is 4. The molecular formula is C14H19N5O6. The molecule has 11 heteroatoms. The van der Waals surface area contributed by atoms with Crippen molar-refractivity contribution in [1.82, 2.24) is 19.5 Å². The highest BCUT2D eigenvalue weighted by Crippen LogP contribution is 2.33. The normalized spacial score (nSPS) is 26.1. The lowest BCUT2D eigenvalue weighted by molar-refractivity contribution is -0.114. The number of rotatable bonds is 5. The summed E-state index contributed by atoms with van der Waals surface area (Å²) in [4.78, 5) is 23.8. The minimum Gasteiger partial charge on any atom is -0.476 e. The number of nitrogens with one attached hydrogen (secondary N) is 1. The number of hydrogen-bond acceptors (Lipinski definition) is 9. The minimum absolute atomic E-state index is 0.0111. The molecule has 1 amide bonds. The van der Waals surface area contributed by atoms with Gasteiger partial charge in [0.25, 0.3) is 0 Å². The standard InChI is InChI=1S/C14H19N5O6/c1-3-24-12-8-11(17-14(18-12)16-6(2)21)19(5-15-8)13-10(23)9(22)7(4-20)25-13/h5,7,9-10,13,20,22-23H,3-4H2,1-2H3,(H,16,17,18,21)/t7-,9-,10-,13-/m1/s1. The number of amides is 1. The van der Waals surface area contributed by atoms with Crippen molar-refractivity contribution in [3.05, 3.63) is 6.33 Å². The van der Waals surface area contributed by atoms with E-state index in [0.717, 1.165) is 0 Å². The van der Waals surface area contributed by atoms with E-state index in [0.29, 0.717) is 12.1 Å². The smallest absolute Gasteiger partial charge is 0.247 e. The van der Waals surface area contributed by atoms with Gasteiger partial charge in [-0.1, -0.05) is 0 Å². The fourth-order valence-electron chi connectivity index (χ4n) is 2.64. The van der Waals surface area contributed by atoms with Gasteiger partial charge in [-0.15, -0.1) is 0 Å². The second-order valence-electron chi connectivity index (χ2n) is 5.52. The minimum atomic E-state index is -1.29. The van der Waals surface area contributed by atoms with Crippen LogP contribution in [0.3, 0.4) is 0 Å². The van der Waals surface area contributed by atoms with Crippen LogP contribution in [0, 0.1) is 0 Å². The number of aliphatic hydroxyl groups excluding tert-OH is 3. The fraction of sp³-hybridized carbons (Fsp3) is 0.571. The first kappa shape index (κ1) is 17.5. The first-order valence-electron chi connectivity index (χ1n) is 7.73. The average molecular weight is 353 g/mol. The van der Waals surface area contributed by atoms with E-state index in [1.54, 1.807) is 6.92 Å². The number of imidazole rings is 1. The van der Waals surface area contributed by atoms with Gasteiger partial charge in [-0.3, -0.25) is 14.7 Å². The Morgan fingerprint density at radius 1 is 1.40 bits per heavy atom. The first-order chi connectivity index (χ1) is 12.0. The molecule has 1 saturated heterocycles. The fourth-order valence-corrected chi connectivity index (χ4v) is 2.64. The van der Waals surface area contributed by atoms with Crippen molar-refractivity contribution in [1.29, 1.82) is 0 Å². The van der Waals surface area contributed by atoms with Crippen molar-refractivity contribution < 1.29 is 29.6 Å². The number of aliphatic hydroxyl groups is 3. The summed E-state index contributed by atoms with van der Waals surface area (Å²) in [5.41, 5.74) is 0.561. The Morgan fingerprint density at radius 2 is 2.16 bits per heavy atom. The summed E-state index contributed by atoms with van der Waals surface area (Å²) in [5.74, 6) is -0.181. The van der Waals surface area contributed by atoms with Gasteiger partial charge >= 0.3 is 0 Å². The Kier molecular flexibility index (Phi) is 4.81. The maximum absolute atomic E-state index is 11.3. The lowest BCUT2D eigenvalue weighted by Crippen LogP contribution is -2.33. The predicted octanol–water partition coefficient (Wildman–Crippen LogP) is -1.21. The van der Waals surface area contributed by atoms with E-state index in [1.807, 2.05) is 0 Å². The van der Waals surface area contributed by atoms with E-state index in [2.05, 4.69) is 20.3 Å². The molecule has 1 aliphatic heterocycles. The molecule has 3 rings (SSSR count). The third kappa shape index (κ3) is 3.14. The monoisotopic (exact) mass is 353 g/mol. The third-order valence-corrected chi connectivity index (χ3v) is 3.75. The number of aromatic nitrogens is 4. The molecule has 2 aromatic rings. The molecule has 11 nitrogen and oxygen atoms in total. The molecule has 3 heterocycles. The predicted molar refractivity (Wildman–Crippen MR) is 83.8 cm³/mol. The molecule has 2 aromatic heterocycles. The van der Waals surface area contributed by atoms with E-state index in [1.165, 1.54) is 17.8 Å². The van der Waals surface area contributed by atoms with Gasteiger partial charge in [0.15, 0.2) is 17.4 Å². The van der Waals surface area contributed by atoms with Crippen LogP contribution in [0.4, 0.5) is 5.95 Å². The molecule has 0 saturated carbocycles. The van der Waals surface area contributed by atoms with Crippen molar-refractivity contribution in [2.45, 2.75) is 38.4 Å². The molecule has 0 bridgehead atoms. The number of anilines is 1. The van der Waals surface area contributed by atoms with Crippen LogP contribution < -0.4 is 10.1 Å². The van der Waals surface area contributed by atoms with Crippen LogP contribution in [-0.2, 0) is 9.53 Å². The highest BCUT2D eigenvalue weighted by Gasteiger charge is 2.44. The largest absolute Gasteiger partial charge is 0.476 e. The lowest BCUT2D eigenvalue weighted by atomic mass is 10.1. The molecule has 1 fully saturated rings. The molecule has 25 heavy (non-hydrogen) atoms. The SMILES string of the molecule is CCOc1nc(NC(C)=O)nc2c1ncn2[C@@H]1O[C@H](CO)[C@@H](O)[C@H]1O. The van der Waals surface area contributed by atoms with E-state index < -0.39 is 31.1 Å². The van der Waals surface area contributed by atoms with Crippen LogP contribution in [0.15, 0.2) is 6.33 Å². The van der Waals surface area contributed by atoms with Gasteiger partial charge in [-0.2, -0.15) is 9.97 Å². The summed E-state index contributed by atoms with van der Waals surface area (Å²) >= 11 is 0. The van der Waals surface area contributed by atoms with Crippen LogP contribution >= 0.6 is 0 Å². The Labute approximate surface area is 142 Å². The van der Waals surface area contributed by atoms with Gasteiger partial charge in [0, 0.05) is 6.92 Å². The molecule has 4 atom stereocenters. The van der Waals surface area contributed by atoms with Gasteiger partial charge in [0.05, 0.1) is 19.5 Å². The van der Waals surface area contributed by atoms with Gasteiger partial charge in [-0.25, -0.2) is 4.98 Å². The number of carbonyl (C=O) groups excluding carboxylic acids is 1. The third-order valence-electron chi connectivity index (χ3n) is 3.75. The summed E-state index contributed by atoms with van der Waals surface area (Å²) in [7, 11) is 0. The van der Waals surface area contributed by atoms with E-state index in [9.17, 15) is 20.1 Å². The zero-order chi connectivity index (χ0) is 18.1. The molecule has 0 aliphatic carbocycles. The molecule has 0 aromatic carbocycles. The summed E-state index contributed by atoms with van der Waals surface area (Å²) in [6, 6.07) is 0. The van der Waals surface area contributed by atoms with E-state index in [4.69, 9.17) is 9.47 Å². The van der Waals surface area contributed by atoms with Crippen molar-refractivity contribution in [2.75, 3.05) is 18.5 Å². The summed E-state index contributed by atoms with van der Waals surface area (Å²) < 4.78 is 12.3. The van der Waals surface area contributed by atoms with Crippen molar-refractivity contribution in [3.63, 3.8) is 0 Å². The summed E-state index contributed by atoms with van der Waals surface area (Å²) in [6.07, 6.45) is -3.12. The van der Waals surface area contributed by atoms with Gasteiger partial charge in [0.2, 0.25) is 17.7 Å². The second-order valence-corrected chi connectivity index (χ2v) is 5.52. The van der Waals surface area contributed by atoms with Crippen molar-refractivity contribution in [2.24, 2.45) is 0 Å². The van der Waals surface area contributed by atoms with Crippen LogP contribution in [0.5, 0.6) is 5.88 Å². The maximum atomic E-state index is 11.3. The molecule has 0 spiro atoms. The Morgan fingerprint density at radius 3 is 2.76 bits per heavy atom. The van der Waals surface area contributed by atoms with Crippen LogP contribution in [0.1, 0.15) is 20.1 Å². The van der Waals surface area contributed by atoms with E-state index in [-0.39, 0.29) is 23.4 Å². The average Bonchev–Trinajstić information content (AvgIpc) is 3.09. The Bertz CT molecular complexity index is 780. The highest BCUT2D eigenvalue weighted by molar-refractivity contribution is 5.88. The maximum Gasteiger partial charge on any atom is 0.247 e. The van der Waals surface area contributed by atoms with Gasteiger partial charge in [0.1, 0.15) is 18.3 Å². The van der Waals surface area contributed by atoms with Crippen LogP contribution in [0.25, 0.3) is 11.2 Å². The number of ether oxygens (including phenoxy) is 2. The molecule has 1 aliphatic rings. The molecular weight excluding hydrogens is 334 g/mol. The van der Waals surface area contributed by atoms with Gasteiger partial charge in [-0.05, 0) is 6.92 Å². The van der Waals surface area contributed by atoms with Gasteiger partial charge < -0.3 is 24.8 Å². The first-order valence-corrected chi connectivity index (χ1v) is 7.73. The Hall–Kier alpha value is -2.34. The molecule has 0 radical (unpaired) electrons. The quantitative estimate of drug-likeness (QED) is 0.519. The highest BCUT2D eigenvalue weighted by atomic mass is 16.6. The lowest BCUT2D eigenvalue weighted by Gasteiger charge is -2.17. The molecule has 4 N–H and O–H groups in total. The second kappa shape index (κ2) is 6.88.